The fourth-order valence-electron chi connectivity index (χ4n) is 1.45. The minimum atomic E-state index is -0.464. The summed E-state index contributed by atoms with van der Waals surface area (Å²) in [5, 5.41) is 9.19. The molecular formula is C12H18O2. The van der Waals surface area contributed by atoms with E-state index in [-0.39, 0.29) is 6.61 Å². The molecule has 0 spiro atoms. The van der Waals surface area contributed by atoms with Gasteiger partial charge in [0.25, 0.3) is 0 Å². The number of hydrogen-bond donors (Lipinski definition) is 1. The number of methoxy groups -OCH3 is 1. The summed E-state index contributed by atoms with van der Waals surface area (Å²) in [5.74, 6) is 0. The van der Waals surface area contributed by atoms with E-state index < -0.39 is 5.60 Å². The zero-order valence-electron chi connectivity index (χ0n) is 9.08. The normalized spacial score (nSPS) is 15.1. The van der Waals surface area contributed by atoms with Crippen LogP contribution in [0.15, 0.2) is 24.3 Å². The van der Waals surface area contributed by atoms with Gasteiger partial charge in [0.1, 0.15) is 0 Å². The van der Waals surface area contributed by atoms with Crippen molar-refractivity contribution in [2.75, 3.05) is 13.7 Å². The van der Waals surface area contributed by atoms with Gasteiger partial charge >= 0.3 is 0 Å². The monoisotopic (exact) mass is 194 g/mol. The molecule has 0 aliphatic rings. The lowest BCUT2D eigenvalue weighted by atomic mass is 9.96. The molecule has 0 fully saturated rings. The highest BCUT2D eigenvalue weighted by Gasteiger charge is 2.22. The van der Waals surface area contributed by atoms with Crippen molar-refractivity contribution in [2.45, 2.75) is 25.9 Å². The molecule has 0 amide bonds. The highest BCUT2D eigenvalue weighted by Crippen LogP contribution is 2.16. The lowest BCUT2D eigenvalue weighted by Crippen LogP contribution is -2.34. The summed E-state index contributed by atoms with van der Waals surface area (Å²) in [4.78, 5) is 0. The minimum Gasteiger partial charge on any atom is -0.393 e. The molecule has 0 aliphatic carbocycles. The fourth-order valence-corrected chi connectivity index (χ4v) is 1.45. The van der Waals surface area contributed by atoms with Gasteiger partial charge in [0, 0.05) is 13.5 Å². The third-order valence-electron chi connectivity index (χ3n) is 2.49. The van der Waals surface area contributed by atoms with Crippen molar-refractivity contribution >= 4 is 0 Å². The molecular weight excluding hydrogens is 176 g/mol. The predicted molar refractivity (Wildman–Crippen MR) is 57.4 cm³/mol. The van der Waals surface area contributed by atoms with Crippen LogP contribution >= 0.6 is 0 Å². The lowest BCUT2D eigenvalue weighted by Gasteiger charge is -2.25. The number of aryl methyl sites for hydroxylation is 1. The quantitative estimate of drug-likeness (QED) is 0.793. The molecule has 78 valence electrons. The van der Waals surface area contributed by atoms with Gasteiger partial charge in [0.2, 0.25) is 0 Å². The van der Waals surface area contributed by atoms with Crippen LogP contribution in [-0.2, 0) is 11.2 Å². The molecule has 0 bridgehead atoms. The van der Waals surface area contributed by atoms with Crippen molar-refractivity contribution in [2.24, 2.45) is 0 Å². The minimum absolute atomic E-state index is 0.0391. The van der Waals surface area contributed by atoms with Crippen molar-refractivity contribution < 1.29 is 9.84 Å². The number of benzene rings is 1. The number of aliphatic hydroxyl groups excluding tert-OH is 1. The Morgan fingerprint density at radius 2 is 2.14 bits per heavy atom. The topological polar surface area (TPSA) is 29.5 Å². The fraction of sp³-hybridized carbons (Fsp3) is 0.500. The average Bonchev–Trinajstić information content (AvgIpc) is 2.18. The van der Waals surface area contributed by atoms with E-state index in [0.717, 1.165) is 6.42 Å². The molecule has 0 radical (unpaired) electrons. The molecule has 2 nitrogen and oxygen atoms in total. The van der Waals surface area contributed by atoms with Gasteiger partial charge < -0.3 is 9.84 Å². The van der Waals surface area contributed by atoms with Gasteiger partial charge in [-0.2, -0.15) is 0 Å². The van der Waals surface area contributed by atoms with Crippen molar-refractivity contribution in [3.05, 3.63) is 35.4 Å². The second-order valence-corrected chi connectivity index (χ2v) is 3.98. The molecule has 0 heterocycles. The smallest absolute Gasteiger partial charge is 0.0920 e. The molecule has 2 heteroatoms. The Morgan fingerprint density at radius 3 is 2.64 bits per heavy atom. The molecule has 1 rings (SSSR count). The first-order valence-corrected chi connectivity index (χ1v) is 4.81. The molecule has 1 unspecified atom stereocenters. The Bertz CT molecular complexity index is 290. The Hall–Kier alpha value is -0.860. The van der Waals surface area contributed by atoms with Gasteiger partial charge in [-0.05, 0) is 19.4 Å². The van der Waals surface area contributed by atoms with Crippen LogP contribution in [-0.4, -0.2) is 24.4 Å². The Kier molecular flexibility index (Phi) is 3.67. The number of rotatable bonds is 4. The lowest BCUT2D eigenvalue weighted by molar-refractivity contribution is -0.0368. The summed E-state index contributed by atoms with van der Waals surface area (Å²) in [5.41, 5.74) is 1.97. The van der Waals surface area contributed by atoms with E-state index in [9.17, 15) is 5.11 Å². The van der Waals surface area contributed by atoms with Gasteiger partial charge in [-0.1, -0.05) is 29.8 Å². The molecule has 14 heavy (non-hydrogen) atoms. The maximum Gasteiger partial charge on any atom is 0.0920 e. The van der Waals surface area contributed by atoms with Crippen LogP contribution in [0.4, 0.5) is 0 Å². The summed E-state index contributed by atoms with van der Waals surface area (Å²) in [7, 11) is 1.63. The van der Waals surface area contributed by atoms with E-state index in [1.54, 1.807) is 7.11 Å². The summed E-state index contributed by atoms with van der Waals surface area (Å²) in [6.45, 7) is 4.01. The van der Waals surface area contributed by atoms with Crippen LogP contribution in [0.5, 0.6) is 0 Å². The third-order valence-corrected chi connectivity index (χ3v) is 2.49. The molecule has 0 aliphatic heterocycles. The summed E-state index contributed by atoms with van der Waals surface area (Å²) >= 11 is 0. The van der Waals surface area contributed by atoms with Crippen LogP contribution in [0.2, 0.25) is 0 Å². The van der Waals surface area contributed by atoms with Gasteiger partial charge in [-0.15, -0.1) is 0 Å². The Labute approximate surface area is 85.5 Å². The Balaban J connectivity index is 2.77. The summed E-state index contributed by atoms with van der Waals surface area (Å²) in [6, 6.07) is 8.26. The average molecular weight is 194 g/mol. The van der Waals surface area contributed by atoms with Crippen LogP contribution in [0.25, 0.3) is 0 Å². The SMILES string of the molecule is COC(C)(CO)Cc1cccc(C)c1. The molecule has 0 aromatic heterocycles. The number of ether oxygens (including phenoxy) is 1. The van der Waals surface area contributed by atoms with Crippen LogP contribution < -0.4 is 0 Å². The van der Waals surface area contributed by atoms with Gasteiger partial charge in [0.05, 0.1) is 12.2 Å². The van der Waals surface area contributed by atoms with Crippen molar-refractivity contribution in [1.29, 1.82) is 0 Å². The van der Waals surface area contributed by atoms with Crippen LogP contribution in [0.3, 0.4) is 0 Å². The van der Waals surface area contributed by atoms with E-state index in [2.05, 4.69) is 25.1 Å². The second-order valence-electron chi connectivity index (χ2n) is 3.98. The zero-order chi connectivity index (χ0) is 10.6. The van der Waals surface area contributed by atoms with E-state index in [0.29, 0.717) is 0 Å². The van der Waals surface area contributed by atoms with Crippen LogP contribution in [0.1, 0.15) is 18.1 Å². The number of aliphatic hydroxyl groups is 1. The first-order chi connectivity index (χ1) is 6.59. The van der Waals surface area contributed by atoms with E-state index in [4.69, 9.17) is 4.74 Å². The standard InChI is InChI=1S/C12H18O2/c1-10-5-4-6-11(7-10)8-12(2,9-13)14-3/h4-7,13H,8-9H2,1-3H3. The molecule has 1 N–H and O–H groups in total. The molecule has 1 aromatic carbocycles. The third kappa shape index (κ3) is 2.82. The summed E-state index contributed by atoms with van der Waals surface area (Å²) < 4.78 is 5.28. The van der Waals surface area contributed by atoms with Gasteiger partial charge in [0.15, 0.2) is 0 Å². The summed E-state index contributed by atoms with van der Waals surface area (Å²) in [6.07, 6.45) is 0.738. The first-order valence-electron chi connectivity index (χ1n) is 4.81. The van der Waals surface area contributed by atoms with Crippen molar-refractivity contribution in [1.82, 2.24) is 0 Å². The number of hydrogen-bond acceptors (Lipinski definition) is 2. The molecule has 1 atom stereocenters. The largest absolute Gasteiger partial charge is 0.393 e. The molecule has 0 saturated carbocycles. The molecule has 0 saturated heterocycles. The second kappa shape index (κ2) is 4.58. The first kappa shape index (κ1) is 11.2. The maximum absolute atomic E-state index is 9.19. The zero-order valence-corrected chi connectivity index (χ0v) is 9.08. The van der Waals surface area contributed by atoms with Crippen molar-refractivity contribution in [3.63, 3.8) is 0 Å². The van der Waals surface area contributed by atoms with Gasteiger partial charge in [-0.25, -0.2) is 0 Å². The van der Waals surface area contributed by atoms with E-state index in [1.807, 2.05) is 13.0 Å². The Morgan fingerprint density at radius 1 is 1.43 bits per heavy atom. The van der Waals surface area contributed by atoms with E-state index in [1.165, 1.54) is 11.1 Å². The van der Waals surface area contributed by atoms with Crippen LogP contribution in [0, 0.1) is 6.92 Å². The van der Waals surface area contributed by atoms with E-state index >= 15 is 0 Å². The predicted octanol–water partition coefficient (Wildman–Crippen LogP) is 1.93. The van der Waals surface area contributed by atoms with Gasteiger partial charge in [-0.3, -0.25) is 0 Å². The van der Waals surface area contributed by atoms with Crippen molar-refractivity contribution in [3.8, 4) is 0 Å². The highest BCUT2D eigenvalue weighted by atomic mass is 16.5. The molecule has 1 aromatic rings. The highest BCUT2D eigenvalue weighted by molar-refractivity contribution is 5.23. The maximum atomic E-state index is 9.19.